The summed E-state index contributed by atoms with van der Waals surface area (Å²) in [5, 5.41) is 0. The molecule has 1 rings (SSSR count). The Balaban J connectivity index is 2.13. The van der Waals surface area contributed by atoms with Gasteiger partial charge in [-0.25, -0.2) is 0 Å². The predicted molar refractivity (Wildman–Crippen MR) is 53.0 cm³/mol. The minimum atomic E-state index is 0.606. The summed E-state index contributed by atoms with van der Waals surface area (Å²) < 4.78 is 0.606. The molecular weight excluding hydrogens is 154 g/mol. The molecule has 0 radical (unpaired) electrons. The minimum Gasteiger partial charge on any atom is -0.330 e. The van der Waals surface area contributed by atoms with Crippen LogP contribution in [0.4, 0.5) is 0 Å². The third-order valence-corrected chi connectivity index (χ3v) is 4.06. The number of hydrogen-bond acceptors (Lipinski definition) is 2. The smallest absolute Gasteiger partial charge is 0.0132 e. The van der Waals surface area contributed by atoms with E-state index in [0.717, 1.165) is 6.54 Å². The minimum absolute atomic E-state index is 0.606. The van der Waals surface area contributed by atoms with Crippen molar-refractivity contribution >= 4 is 11.8 Å². The Kier molecular flexibility index (Phi) is 3.73. The Hall–Kier alpha value is 0.310. The van der Waals surface area contributed by atoms with Crippen LogP contribution in [0, 0.1) is 0 Å². The van der Waals surface area contributed by atoms with E-state index in [1.807, 2.05) is 0 Å². The van der Waals surface area contributed by atoms with Crippen LogP contribution in [0.5, 0.6) is 0 Å². The number of hydrogen-bond donors (Lipinski definition) is 1. The molecular formula is C9H19NS. The Morgan fingerprint density at radius 3 is 2.82 bits per heavy atom. The monoisotopic (exact) mass is 173 g/mol. The SMILES string of the molecule is CC1(CCCCN)CCCS1. The standard InChI is InChI=1S/C9H19NS/c1-9(5-2-3-7-10)6-4-8-11-9/h2-8,10H2,1H3. The topological polar surface area (TPSA) is 26.0 Å². The summed E-state index contributed by atoms with van der Waals surface area (Å²) in [5.74, 6) is 1.37. The molecule has 0 aromatic rings. The zero-order valence-corrected chi connectivity index (χ0v) is 8.25. The van der Waals surface area contributed by atoms with E-state index in [2.05, 4.69) is 18.7 Å². The quantitative estimate of drug-likeness (QED) is 0.661. The molecule has 0 bridgehead atoms. The van der Waals surface area contributed by atoms with E-state index in [9.17, 15) is 0 Å². The fourth-order valence-electron chi connectivity index (χ4n) is 1.68. The molecule has 0 aromatic heterocycles. The second-order valence-electron chi connectivity index (χ2n) is 3.65. The van der Waals surface area contributed by atoms with E-state index in [0.29, 0.717) is 4.75 Å². The number of unbranched alkanes of at least 4 members (excludes halogenated alkanes) is 1. The first-order valence-electron chi connectivity index (χ1n) is 4.61. The maximum absolute atomic E-state index is 5.45. The molecule has 11 heavy (non-hydrogen) atoms. The van der Waals surface area contributed by atoms with Crippen LogP contribution >= 0.6 is 11.8 Å². The Morgan fingerprint density at radius 2 is 2.27 bits per heavy atom. The van der Waals surface area contributed by atoms with Crippen molar-refractivity contribution < 1.29 is 0 Å². The van der Waals surface area contributed by atoms with E-state index in [1.54, 1.807) is 0 Å². The average Bonchev–Trinajstić information content (AvgIpc) is 2.38. The lowest BCUT2D eigenvalue weighted by atomic mass is 9.98. The van der Waals surface area contributed by atoms with Crippen LogP contribution < -0.4 is 5.73 Å². The molecule has 1 heterocycles. The molecule has 0 aromatic carbocycles. The van der Waals surface area contributed by atoms with E-state index >= 15 is 0 Å². The zero-order chi connectivity index (χ0) is 8.16. The molecule has 66 valence electrons. The van der Waals surface area contributed by atoms with Gasteiger partial charge in [-0.1, -0.05) is 13.3 Å². The van der Waals surface area contributed by atoms with E-state index in [-0.39, 0.29) is 0 Å². The molecule has 0 saturated carbocycles. The molecule has 1 atom stereocenters. The lowest BCUT2D eigenvalue weighted by Gasteiger charge is -2.21. The van der Waals surface area contributed by atoms with Gasteiger partial charge in [-0.05, 0) is 38.0 Å². The lowest BCUT2D eigenvalue weighted by molar-refractivity contribution is 0.527. The van der Waals surface area contributed by atoms with Crippen LogP contribution in [0.2, 0.25) is 0 Å². The van der Waals surface area contributed by atoms with E-state index < -0.39 is 0 Å². The largest absolute Gasteiger partial charge is 0.330 e. The van der Waals surface area contributed by atoms with Crippen molar-refractivity contribution in [2.75, 3.05) is 12.3 Å². The van der Waals surface area contributed by atoms with Gasteiger partial charge in [0, 0.05) is 4.75 Å². The van der Waals surface area contributed by atoms with Crippen molar-refractivity contribution in [1.29, 1.82) is 0 Å². The highest BCUT2D eigenvalue weighted by Crippen LogP contribution is 2.41. The van der Waals surface area contributed by atoms with Gasteiger partial charge >= 0.3 is 0 Å². The molecule has 0 amide bonds. The van der Waals surface area contributed by atoms with E-state index in [1.165, 1.54) is 37.9 Å². The molecule has 1 aliphatic heterocycles. The number of nitrogens with two attached hydrogens (primary N) is 1. The van der Waals surface area contributed by atoms with Crippen LogP contribution in [-0.2, 0) is 0 Å². The molecule has 1 fully saturated rings. The normalized spacial score (nSPS) is 31.1. The van der Waals surface area contributed by atoms with Crippen LogP contribution in [-0.4, -0.2) is 17.0 Å². The first-order valence-corrected chi connectivity index (χ1v) is 5.59. The Labute approximate surface area is 74.1 Å². The van der Waals surface area contributed by atoms with Gasteiger partial charge in [0.1, 0.15) is 0 Å². The molecule has 0 aliphatic carbocycles. The van der Waals surface area contributed by atoms with Gasteiger partial charge in [-0.3, -0.25) is 0 Å². The molecule has 0 spiro atoms. The zero-order valence-electron chi connectivity index (χ0n) is 7.44. The van der Waals surface area contributed by atoms with Gasteiger partial charge < -0.3 is 5.73 Å². The molecule has 1 unspecified atom stereocenters. The summed E-state index contributed by atoms with van der Waals surface area (Å²) in [4.78, 5) is 0. The number of thioether (sulfide) groups is 1. The van der Waals surface area contributed by atoms with Crippen LogP contribution in [0.1, 0.15) is 39.0 Å². The molecule has 1 nitrogen and oxygen atoms in total. The summed E-state index contributed by atoms with van der Waals surface area (Å²) in [6.45, 7) is 3.27. The molecule has 1 saturated heterocycles. The second-order valence-corrected chi connectivity index (χ2v) is 5.33. The van der Waals surface area contributed by atoms with Crippen LogP contribution in [0.15, 0.2) is 0 Å². The van der Waals surface area contributed by atoms with Gasteiger partial charge in [0.2, 0.25) is 0 Å². The fourth-order valence-corrected chi connectivity index (χ4v) is 3.04. The van der Waals surface area contributed by atoms with Crippen molar-refractivity contribution in [3.63, 3.8) is 0 Å². The maximum Gasteiger partial charge on any atom is 0.0132 e. The van der Waals surface area contributed by atoms with Crippen LogP contribution in [0.25, 0.3) is 0 Å². The molecule has 1 aliphatic rings. The first-order chi connectivity index (χ1) is 5.27. The van der Waals surface area contributed by atoms with Gasteiger partial charge in [0.25, 0.3) is 0 Å². The third kappa shape index (κ3) is 3.04. The maximum atomic E-state index is 5.45. The van der Waals surface area contributed by atoms with Crippen molar-refractivity contribution in [1.82, 2.24) is 0 Å². The van der Waals surface area contributed by atoms with Crippen LogP contribution in [0.3, 0.4) is 0 Å². The summed E-state index contributed by atoms with van der Waals surface area (Å²) in [5.41, 5.74) is 5.45. The number of rotatable bonds is 4. The Bertz CT molecular complexity index is 108. The molecule has 2 N–H and O–H groups in total. The summed E-state index contributed by atoms with van der Waals surface area (Å²) in [6, 6.07) is 0. The average molecular weight is 173 g/mol. The van der Waals surface area contributed by atoms with Crippen molar-refractivity contribution in [2.24, 2.45) is 5.73 Å². The first kappa shape index (κ1) is 9.40. The predicted octanol–water partition coefficient (Wildman–Crippen LogP) is 2.40. The summed E-state index contributed by atoms with van der Waals surface area (Å²) in [7, 11) is 0. The highest BCUT2D eigenvalue weighted by Gasteiger charge is 2.28. The highest BCUT2D eigenvalue weighted by molar-refractivity contribution is 8.00. The van der Waals surface area contributed by atoms with E-state index in [4.69, 9.17) is 5.73 Å². The highest BCUT2D eigenvalue weighted by atomic mass is 32.2. The molecule has 2 heteroatoms. The van der Waals surface area contributed by atoms with Crippen molar-refractivity contribution in [2.45, 2.75) is 43.8 Å². The van der Waals surface area contributed by atoms with Gasteiger partial charge in [-0.15, -0.1) is 0 Å². The second kappa shape index (κ2) is 4.36. The Morgan fingerprint density at radius 1 is 1.45 bits per heavy atom. The summed E-state index contributed by atoms with van der Waals surface area (Å²) in [6.07, 6.45) is 6.73. The summed E-state index contributed by atoms with van der Waals surface area (Å²) >= 11 is 2.15. The third-order valence-electron chi connectivity index (χ3n) is 2.46. The van der Waals surface area contributed by atoms with Gasteiger partial charge in [0.15, 0.2) is 0 Å². The van der Waals surface area contributed by atoms with Gasteiger partial charge in [-0.2, -0.15) is 11.8 Å². The fraction of sp³-hybridized carbons (Fsp3) is 1.00. The lowest BCUT2D eigenvalue weighted by Crippen LogP contribution is -2.15. The van der Waals surface area contributed by atoms with Gasteiger partial charge in [0.05, 0.1) is 0 Å². The van der Waals surface area contributed by atoms with Crippen molar-refractivity contribution in [3.05, 3.63) is 0 Å². The van der Waals surface area contributed by atoms with Crippen molar-refractivity contribution in [3.8, 4) is 0 Å².